The molecule has 1 atom stereocenters. The van der Waals surface area contributed by atoms with Crippen molar-refractivity contribution in [1.29, 1.82) is 0 Å². The molecule has 0 bridgehead atoms. The maximum absolute atomic E-state index is 12.9. The van der Waals surface area contributed by atoms with Crippen LogP contribution in [0.25, 0.3) is 0 Å². The molecule has 0 aliphatic heterocycles. The summed E-state index contributed by atoms with van der Waals surface area (Å²) in [5, 5.41) is 0. The van der Waals surface area contributed by atoms with Gasteiger partial charge in [0.25, 0.3) is 0 Å². The Kier molecular flexibility index (Phi) is 3.59. The number of hydrogen-bond donors (Lipinski definition) is 1. The molecule has 3 nitrogen and oxygen atoms in total. The highest BCUT2D eigenvalue weighted by atomic mass is 19.1. The number of nitrogens with two attached hydrogens (primary N) is 1. The van der Waals surface area contributed by atoms with E-state index in [1.807, 2.05) is 0 Å². The van der Waals surface area contributed by atoms with E-state index in [2.05, 4.69) is 11.6 Å². The lowest BCUT2D eigenvalue weighted by Gasteiger charge is -2.12. The minimum absolute atomic E-state index is 0.328. The van der Waals surface area contributed by atoms with Crippen LogP contribution in [0.2, 0.25) is 0 Å². The van der Waals surface area contributed by atoms with Crippen molar-refractivity contribution in [2.45, 2.75) is 12.5 Å². The van der Waals surface area contributed by atoms with E-state index in [-0.39, 0.29) is 6.04 Å². The predicted molar refractivity (Wildman–Crippen MR) is 52.5 cm³/mol. The topological polar surface area (TPSA) is 48.1 Å². The first-order valence-electron chi connectivity index (χ1n) is 4.25. The summed E-state index contributed by atoms with van der Waals surface area (Å²) in [6.07, 6.45) is 3.33. The summed E-state index contributed by atoms with van der Waals surface area (Å²) in [4.78, 5) is 3.79. The van der Waals surface area contributed by atoms with E-state index in [9.17, 15) is 4.39 Å². The second-order valence-corrected chi connectivity index (χ2v) is 2.88. The van der Waals surface area contributed by atoms with Gasteiger partial charge in [-0.25, -0.2) is 9.37 Å². The maximum atomic E-state index is 12.9. The van der Waals surface area contributed by atoms with Crippen molar-refractivity contribution in [2.75, 3.05) is 7.11 Å². The van der Waals surface area contributed by atoms with Crippen molar-refractivity contribution < 1.29 is 9.13 Å². The SMILES string of the molecule is C=CCC(N)c1cc(F)cnc1OC. The molecule has 0 aromatic carbocycles. The van der Waals surface area contributed by atoms with Crippen LogP contribution in [0.5, 0.6) is 5.88 Å². The van der Waals surface area contributed by atoms with Crippen LogP contribution in [0.4, 0.5) is 4.39 Å². The lowest BCUT2D eigenvalue weighted by molar-refractivity contribution is 0.386. The van der Waals surface area contributed by atoms with Gasteiger partial charge in [0.2, 0.25) is 5.88 Å². The molecular formula is C10H13FN2O. The Morgan fingerprint density at radius 2 is 2.50 bits per heavy atom. The quantitative estimate of drug-likeness (QED) is 0.747. The van der Waals surface area contributed by atoms with Gasteiger partial charge in [-0.1, -0.05) is 6.08 Å². The third-order valence-electron chi connectivity index (χ3n) is 1.86. The molecule has 14 heavy (non-hydrogen) atoms. The summed E-state index contributed by atoms with van der Waals surface area (Å²) in [7, 11) is 1.48. The highest BCUT2D eigenvalue weighted by Gasteiger charge is 2.12. The smallest absolute Gasteiger partial charge is 0.218 e. The number of rotatable bonds is 4. The second-order valence-electron chi connectivity index (χ2n) is 2.88. The monoisotopic (exact) mass is 196 g/mol. The average Bonchev–Trinajstić information content (AvgIpc) is 2.18. The molecule has 0 radical (unpaired) electrons. The fraction of sp³-hybridized carbons (Fsp3) is 0.300. The van der Waals surface area contributed by atoms with E-state index in [0.29, 0.717) is 17.9 Å². The van der Waals surface area contributed by atoms with E-state index in [0.717, 1.165) is 6.20 Å². The average molecular weight is 196 g/mol. The number of halogens is 1. The number of hydrogen-bond acceptors (Lipinski definition) is 3. The van der Waals surface area contributed by atoms with Crippen molar-refractivity contribution in [2.24, 2.45) is 5.73 Å². The number of ether oxygens (including phenoxy) is 1. The van der Waals surface area contributed by atoms with E-state index in [1.165, 1.54) is 13.2 Å². The molecule has 76 valence electrons. The third-order valence-corrected chi connectivity index (χ3v) is 1.86. The van der Waals surface area contributed by atoms with E-state index >= 15 is 0 Å². The van der Waals surface area contributed by atoms with Gasteiger partial charge in [0.1, 0.15) is 5.82 Å². The fourth-order valence-electron chi connectivity index (χ4n) is 1.19. The summed E-state index contributed by atoms with van der Waals surface area (Å²) >= 11 is 0. The number of pyridine rings is 1. The normalized spacial score (nSPS) is 12.2. The van der Waals surface area contributed by atoms with E-state index < -0.39 is 5.82 Å². The first-order valence-corrected chi connectivity index (χ1v) is 4.25. The van der Waals surface area contributed by atoms with Crippen LogP contribution < -0.4 is 10.5 Å². The molecule has 4 heteroatoms. The standard InChI is InChI=1S/C10H13FN2O/c1-3-4-9(12)8-5-7(11)6-13-10(8)14-2/h3,5-6,9H,1,4,12H2,2H3. The lowest BCUT2D eigenvalue weighted by Crippen LogP contribution is -2.11. The maximum Gasteiger partial charge on any atom is 0.218 e. The van der Waals surface area contributed by atoms with Crippen LogP contribution >= 0.6 is 0 Å². The summed E-state index contributed by atoms with van der Waals surface area (Å²) in [6, 6.07) is 1.01. The highest BCUT2D eigenvalue weighted by Crippen LogP contribution is 2.23. The molecule has 0 saturated carbocycles. The van der Waals surface area contributed by atoms with Crippen molar-refractivity contribution in [1.82, 2.24) is 4.98 Å². The molecule has 0 aliphatic rings. The van der Waals surface area contributed by atoms with Gasteiger partial charge in [-0.3, -0.25) is 0 Å². The lowest BCUT2D eigenvalue weighted by atomic mass is 10.1. The fourth-order valence-corrected chi connectivity index (χ4v) is 1.19. The van der Waals surface area contributed by atoms with Crippen molar-refractivity contribution in [3.8, 4) is 5.88 Å². The van der Waals surface area contributed by atoms with Gasteiger partial charge < -0.3 is 10.5 Å². The van der Waals surface area contributed by atoms with Crippen LogP contribution in [0.3, 0.4) is 0 Å². The van der Waals surface area contributed by atoms with Crippen LogP contribution in [-0.2, 0) is 0 Å². The molecule has 2 N–H and O–H groups in total. The molecule has 1 unspecified atom stereocenters. The van der Waals surface area contributed by atoms with Crippen molar-refractivity contribution in [3.05, 3.63) is 36.3 Å². The first-order chi connectivity index (χ1) is 6.69. The minimum Gasteiger partial charge on any atom is -0.481 e. The van der Waals surface area contributed by atoms with Gasteiger partial charge in [0.05, 0.1) is 13.3 Å². The molecule has 0 saturated heterocycles. The second kappa shape index (κ2) is 4.72. The Hall–Kier alpha value is -1.42. The van der Waals surface area contributed by atoms with Crippen LogP contribution in [-0.4, -0.2) is 12.1 Å². The molecule has 1 aromatic rings. The Bertz CT molecular complexity index is 328. The van der Waals surface area contributed by atoms with Crippen LogP contribution in [0.1, 0.15) is 18.0 Å². The van der Waals surface area contributed by atoms with E-state index in [4.69, 9.17) is 10.5 Å². The molecule has 0 spiro atoms. The summed E-state index contributed by atoms with van der Waals surface area (Å²) in [6.45, 7) is 3.57. The summed E-state index contributed by atoms with van der Waals surface area (Å²) in [5.41, 5.74) is 6.36. The summed E-state index contributed by atoms with van der Waals surface area (Å²) in [5.74, 6) is -0.0546. The van der Waals surface area contributed by atoms with Gasteiger partial charge in [-0.2, -0.15) is 0 Å². The van der Waals surface area contributed by atoms with Gasteiger partial charge in [-0.05, 0) is 12.5 Å². The number of aromatic nitrogens is 1. The van der Waals surface area contributed by atoms with Crippen molar-refractivity contribution in [3.63, 3.8) is 0 Å². The zero-order valence-electron chi connectivity index (χ0n) is 8.03. The molecule has 1 heterocycles. The van der Waals surface area contributed by atoms with Crippen LogP contribution in [0.15, 0.2) is 24.9 Å². The molecule has 1 rings (SSSR count). The molecule has 0 amide bonds. The van der Waals surface area contributed by atoms with Gasteiger partial charge in [-0.15, -0.1) is 6.58 Å². The number of nitrogens with zero attached hydrogens (tertiary/aromatic N) is 1. The Morgan fingerprint density at radius 1 is 1.79 bits per heavy atom. The van der Waals surface area contributed by atoms with Gasteiger partial charge in [0, 0.05) is 11.6 Å². The van der Waals surface area contributed by atoms with Crippen molar-refractivity contribution >= 4 is 0 Å². The zero-order chi connectivity index (χ0) is 10.6. The first kappa shape index (κ1) is 10.7. The summed E-state index contributed by atoms with van der Waals surface area (Å²) < 4.78 is 17.9. The highest BCUT2D eigenvalue weighted by molar-refractivity contribution is 5.29. The van der Waals surface area contributed by atoms with Crippen LogP contribution in [0, 0.1) is 5.82 Å². The Balaban J connectivity index is 3.02. The molecule has 1 aromatic heterocycles. The molecule has 0 fully saturated rings. The molecular weight excluding hydrogens is 183 g/mol. The largest absolute Gasteiger partial charge is 0.481 e. The zero-order valence-corrected chi connectivity index (χ0v) is 8.03. The van der Waals surface area contributed by atoms with E-state index in [1.54, 1.807) is 6.08 Å². The third kappa shape index (κ3) is 2.29. The minimum atomic E-state index is -0.416. The Morgan fingerprint density at radius 3 is 3.07 bits per heavy atom. The van der Waals surface area contributed by atoms with Gasteiger partial charge in [0.15, 0.2) is 0 Å². The number of methoxy groups -OCH3 is 1. The van der Waals surface area contributed by atoms with Gasteiger partial charge >= 0.3 is 0 Å². The Labute approximate surface area is 82.4 Å². The predicted octanol–water partition coefficient (Wildman–Crippen LogP) is 1.81. The molecule has 0 aliphatic carbocycles.